The van der Waals surface area contributed by atoms with Gasteiger partial charge in [0.1, 0.15) is 11.5 Å². The number of carbonyl (C=O) groups excluding carboxylic acids is 1. The van der Waals surface area contributed by atoms with Crippen molar-refractivity contribution in [3.8, 4) is 5.75 Å². The minimum atomic E-state index is -1.43. The Morgan fingerprint density at radius 3 is 2.91 bits per heavy atom. The van der Waals surface area contributed by atoms with E-state index in [0.717, 1.165) is 17.9 Å². The Morgan fingerprint density at radius 1 is 1.48 bits per heavy atom. The molecule has 0 bridgehead atoms. The molecule has 2 atom stereocenters. The van der Waals surface area contributed by atoms with Crippen molar-refractivity contribution >= 4 is 16.7 Å². The van der Waals surface area contributed by atoms with Gasteiger partial charge in [-0.05, 0) is 37.5 Å². The number of nitrogens with zero attached hydrogens (tertiary/aromatic N) is 1. The van der Waals surface area contributed by atoms with Crippen molar-refractivity contribution in [3.63, 3.8) is 0 Å². The van der Waals surface area contributed by atoms with E-state index >= 15 is 0 Å². The van der Waals surface area contributed by atoms with Crippen molar-refractivity contribution < 1.29 is 18.6 Å². The van der Waals surface area contributed by atoms with Crippen molar-refractivity contribution in [2.45, 2.75) is 24.2 Å². The Morgan fingerprint density at radius 2 is 2.26 bits per heavy atom. The second-order valence-corrected chi connectivity index (χ2v) is 7.05. The Bertz CT molecular complexity index is 602. The maximum Gasteiger partial charge on any atom is 0.258 e. The Balaban J connectivity index is 1.94. The van der Waals surface area contributed by atoms with Gasteiger partial charge in [0.25, 0.3) is 5.91 Å². The van der Waals surface area contributed by atoms with Gasteiger partial charge in [-0.25, -0.2) is 5.06 Å². The van der Waals surface area contributed by atoms with Crippen LogP contribution in [0.4, 0.5) is 0 Å². The molecule has 1 aromatic carbocycles. The van der Waals surface area contributed by atoms with Crippen LogP contribution in [0.5, 0.6) is 5.75 Å². The molecule has 23 heavy (non-hydrogen) atoms. The lowest BCUT2D eigenvalue weighted by Crippen LogP contribution is -2.29. The molecular weight excluding hydrogens is 314 g/mol. The summed E-state index contributed by atoms with van der Waals surface area (Å²) in [4.78, 5) is 17.1. The molecular formula is C17H23NO4S. The molecule has 0 heterocycles. The van der Waals surface area contributed by atoms with Gasteiger partial charge in [-0.2, -0.15) is 0 Å². The first-order valence-electron chi connectivity index (χ1n) is 7.61. The number of hydrogen-bond donors (Lipinski definition) is 0. The average Bonchev–Trinajstić information content (AvgIpc) is 2.97. The Labute approximate surface area is 139 Å². The molecule has 0 aromatic heterocycles. The van der Waals surface area contributed by atoms with Gasteiger partial charge in [0, 0.05) is 17.9 Å². The Kier molecular flexibility index (Phi) is 6.36. The van der Waals surface area contributed by atoms with Crippen molar-refractivity contribution in [3.05, 3.63) is 36.4 Å². The molecule has 0 saturated heterocycles. The summed E-state index contributed by atoms with van der Waals surface area (Å²) in [5, 5.41) is 1.07. The number of carbonyl (C=O) groups is 1. The van der Waals surface area contributed by atoms with E-state index in [4.69, 9.17) is 9.57 Å². The molecule has 126 valence electrons. The molecule has 1 aliphatic rings. The molecule has 0 radical (unpaired) electrons. The minimum Gasteiger partial charge on any atom is -0.493 e. The van der Waals surface area contributed by atoms with E-state index in [9.17, 15) is 9.00 Å². The normalized spacial score (nSPS) is 18.7. The second-order valence-electron chi connectivity index (χ2n) is 5.60. The topological polar surface area (TPSA) is 55.8 Å². The SMILES string of the molecule is C=C1CCCC1COc1cccc(S(=O)CC(=O)N(C)OC)c1. The summed E-state index contributed by atoms with van der Waals surface area (Å²) in [5.41, 5.74) is 1.25. The van der Waals surface area contributed by atoms with Crippen LogP contribution in [0, 0.1) is 5.92 Å². The summed E-state index contributed by atoms with van der Waals surface area (Å²) in [5.74, 6) is 0.622. The summed E-state index contributed by atoms with van der Waals surface area (Å²) >= 11 is 0. The van der Waals surface area contributed by atoms with E-state index in [-0.39, 0.29) is 11.7 Å². The highest BCUT2D eigenvalue weighted by atomic mass is 32.2. The lowest BCUT2D eigenvalue weighted by atomic mass is 10.1. The second kappa shape index (κ2) is 8.26. The van der Waals surface area contributed by atoms with Gasteiger partial charge < -0.3 is 4.74 Å². The highest BCUT2D eigenvalue weighted by molar-refractivity contribution is 7.85. The van der Waals surface area contributed by atoms with E-state index in [0.29, 0.717) is 23.2 Å². The molecule has 1 fully saturated rings. The molecule has 0 spiro atoms. The monoisotopic (exact) mass is 337 g/mol. The summed E-state index contributed by atoms with van der Waals surface area (Å²) in [6.07, 6.45) is 3.36. The molecule has 1 aliphatic carbocycles. The van der Waals surface area contributed by atoms with Crippen LogP contribution in [0.3, 0.4) is 0 Å². The standard InChI is InChI=1S/C17H23NO4S/c1-13-6-4-7-14(13)11-22-15-8-5-9-16(10-15)23(20)12-17(19)18(2)21-3/h5,8-10,14H,1,4,6-7,11-12H2,2-3H3. The molecule has 6 heteroatoms. The van der Waals surface area contributed by atoms with E-state index in [1.165, 1.54) is 26.2 Å². The number of ether oxygens (including phenoxy) is 1. The summed E-state index contributed by atoms with van der Waals surface area (Å²) in [6.45, 7) is 4.67. The van der Waals surface area contributed by atoms with Crippen molar-refractivity contribution in [1.82, 2.24) is 5.06 Å². The molecule has 1 aromatic rings. The Hall–Kier alpha value is -1.66. The largest absolute Gasteiger partial charge is 0.493 e. The lowest BCUT2D eigenvalue weighted by Gasteiger charge is -2.14. The molecule has 0 N–H and O–H groups in total. The number of hydroxylamine groups is 2. The van der Waals surface area contributed by atoms with Crippen LogP contribution in [-0.4, -0.2) is 41.7 Å². The van der Waals surface area contributed by atoms with Crippen LogP contribution in [0.25, 0.3) is 0 Å². The van der Waals surface area contributed by atoms with Crippen molar-refractivity contribution in [1.29, 1.82) is 0 Å². The maximum atomic E-state index is 12.3. The van der Waals surface area contributed by atoms with E-state index in [2.05, 4.69) is 6.58 Å². The summed E-state index contributed by atoms with van der Waals surface area (Å²) in [6, 6.07) is 7.09. The lowest BCUT2D eigenvalue weighted by molar-refractivity contribution is -0.165. The highest BCUT2D eigenvalue weighted by Gasteiger charge is 2.20. The van der Waals surface area contributed by atoms with Gasteiger partial charge in [-0.15, -0.1) is 0 Å². The van der Waals surface area contributed by atoms with E-state index in [1.54, 1.807) is 18.2 Å². The van der Waals surface area contributed by atoms with Gasteiger partial charge in [-0.1, -0.05) is 18.2 Å². The van der Waals surface area contributed by atoms with Crippen LogP contribution < -0.4 is 4.74 Å². The number of amides is 1. The van der Waals surface area contributed by atoms with Gasteiger partial charge in [0.15, 0.2) is 0 Å². The number of benzene rings is 1. The first-order chi connectivity index (χ1) is 11.0. The van der Waals surface area contributed by atoms with E-state index in [1.807, 2.05) is 6.07 Å². The zero-order valence-electron chi connectivity index (χ0n) is 13.6. The average molecular weight is 337 g/mol. The first-order valence-corrected chi connectivity index (χ1v) is 8.92. The smallest absolute Gasteiger partial charge is 0.258 e. The van der Waals surface area contributed by atoms with Crippen molar-refractivity contribution in [2.75, 3.05) is 26.5 Å². The van der Waals surface area contributed by atoms with Crippen LogP contribution in [0.1, 0.15) is 19.3 Å². The predicted octanol–water partition coefficient (Wildman–Crippen LogP) is 2.55. The quantitative estimate of drug-likeness (QED) is 0.567. The maximum absolute atomic E-state index is 12.3. The van der Waals surface area contributed by atoms with Crippen LogP contribution in [0.15, 0.2) is 41.3 Å². The number of hydrogen-bond acceptors (Lipinski definition) is 4. The fourth-order valence-corrected chi connectivity index (χ4v) is 3.53. The molecule has 0 aliphatic heterocycles. The fraction of sp³-hybridized carbons (Fsp3) is 0.471. The third-order valence-corrected chi connectivity index (χ3v) is 5.32. The van der Waals surface area contributed by atoms with Crippen LogP contribution >= 0.6 is 0 Å². The highest BCUT2D eigenvalue weighted by Crippen LogP contribution is 2.30. The van der Waals surface area contributed by atoms with Crippen LogP contribution in [-0.2, 0) is 20.4 Å². The van der Waals surface area contributed by atoms with Gasteiger partial charge in [0.05, 0.1) is 24.5 Å². The summed E-state index contributed by atoms with van der Waals surface area (Å²) in [7, 11) is 1.46. The van der Waals surface area contributed by atoms with Crippen molar-refractivity contribution in [2.24, 2.45) is 5.92 Å². The molecule has 2 unspecified atom stereocenters. The molecule has 1 saturated carbocycles. The third-order valence-electron chi connectivity index (χ3n) is 4.03. The molecule has 2 rings (SSSR count). The third kappa shape index (κ3) is 4.91. The summed E-state index contributed by atoms with van der Waals surface area (Å²) < 4.78 is 18.1. The zero-order chi connectivity index (χ0) is 16.8. The number of rotatable bonds is 7. The van der Waals surface area contributed by atoms with E-state index < -0.39 is 10.8 Å². The first kappa shape index (κ1) is 17.7. The molecule has 1 amide bonds. The fourth-order valence-electron chi connectivity index (χ4n) is 2.48. The molecule has 5 nitrogen and oxygen atoms in total. The van der Waals surface area contributed by atoms with Gasteiger partial charge in [-0.3, -0.25) is 13.8 Å². The van der Waals surface area contributed by atoms with Gasteiger partial charge in [0.2, 0.25) is 0 Å². The zero-order valence-corrected chi connectivity index (χ0v) is 14.4. The predicted molar refractivity (Wildman–Crippen MR) is 89.5 cm³/mol. The van der Waals surface area contributed by atoms with Gasteiger partial charge >= 0.3 is 0 Å². The minimum absolute atomic E-state index is 0.118. The van der Waals surface area contributed by atoms with Crippen LogP contribution in [0.2, 0.25) is 0 Å².